The summed E-state index contributed by atoms with van der Waals surface area (Å²) in [5.74, 6) is -0.150. The Morgan fingerprint density at radius 3 is 2.80 bits per heavy atom. The number of rotatable bonds is 3. The SMILES string of the molecule is Cc1cc(C(=O)N[C@H](C)CN)c(C)nn1. The molecule has 0 aliphatic heterocycles. The van der Waals surface area contributed by atoms with Crippen molar-refractivity contribution in [2.45, 2.75) is 26.8 Å². The maximum absolute atomic E-state index is 11.8. The Bertz CT molecular complexity index is 364. The first-order valence-electron chi connectivity index (χ1n) is 4.86. The number of nitrogens with zero attached hydrogens (tertiary/aromatic N) is 2. The Kier molecular flexibility index (Phi) is 3.74. The molecule has 1 aromatic rings. The monoisotopic (exact) mass is 208 g/mol. The van der Waals surface area contributed by atoms with Crippen LogP contribution in [0.25, 0.3) is 0 Å². The summed E-state index contributed by atoms with van der Waals surface area (Å²) >= 11 is 0. The van der Waals surface area contributed by atoms with Crippen molar-refractivity contribution < 1.29 is 4.79 Å². The van der Waals surface area contributed by atoms with E-state index in [1.165, 1.54) is 0 Å². The number of aromatic nitrogens is 2. The van der Waals surface area contributed by atoms with E-state index in [4.69, 9.17) is 5.73 Å². The van der Waals surface area contributed by atoms with Crippen molar-refractivity contribution in [2.24, 2.45) is 5.73 Å². The van der Waals surface area contributed by atoms with Crippen molar-refractivity contribution in [1.29, 1.82) is 0 Å². The average Bonchev–Trinajstić information content (AvgIpc) is 2.21. The largest absolute Gasteiger partial charge is 0.348 e. The molecule has 0 unspecified atom stereocenters. The van der Waals surface area contributed by atoms with Crippen molar-refractivity contribution in [3.05, 3.63) is 23.0 Å². The van der Waals surface area contributed by atoms with Crippen molar-refractivity contribution >= 4 is 5.91 Å². The third-order valence-electron chi connectivity index (χ3n) is 2.08. The van der Waals surface area contributed by atoms with Crippen LogP contribution in [0.3, 0.4) is 0 Å². The number of nitrogens with one attached hydrogen (secondary N) is 1. The van der Waals surface area contributed by atoms with Crippen LogP contribution >= 0.6 is 0 Å². The fourth-order valence-electron chi connectivity index (χ4n) is 1.14. The third kappa shape index (κ3) is 2.99. The normalized spacial score (nSPS) is 12.3. The van der Waals surface area contributed by atoms with Crippen molar-refractivity contribution in [3.8, 4) is 0 Å². The molecule has 0 saturated carbocycles. The van der Waals surface area contributed by atoms with Crippen LogP contribution in [0.15, 0.2) is 6.07 Å². The van der Waals surface area contributed by atoms with E-state index in [0.29, 0.717) is 17.8 Å². The van der Waals surface area contributed by atoms with Gasteiger partial charge in [-0.15, -0.1) is 0 Å². The van der Waals surface area contributed by atoms with Gasteiger partial charge in [0.1, 0.15) is 0 Å². The predicted octanol–water partition coefficient (Wildman–Crippen LogP) is 0.170. The highest BCUT2D eigenvalue weighted by molar-refractivity contribution is 5.95. The molecule has 15 heavy (non-hydrogen) atoms. The second-order valence-corrected chi connectivity index (χ2v) is 3.60. The molecule has 5 nitrogen and oxygen atoms in total. The molecular weight excluding hydrogens is 192 g/mol. The van der Waals surface area contributed by atoms with Crippen molar-refractivity contribution in [3.63, 3.8) is 0 Å². The predicted molar refractivity (Wildman–Crippen MR) is 57.5 cm³/mol. The summed E-state index contributed by atoms with van der Waals surface area (Å²) in [5, 5.41) is 10.5. The summed E-state index contributed by atoms with van der Waals surface area (Å²) in [6, 6.07) is 1.69. The molecule has 0 aromatic carbocycles. The van der Waals surface area contributed by atoms with Gasteiger partial charge in [-0.25, -0.2) is 0 Å². The minimum absolute atomic E-state index is 0.0367. The molecule has 0 aliphatic carbocycles. The topological polar surface area (TPSA) is 80.9 Å². The molecule has 1 heterocycles. The quantitative estimate of drug-likeness (QED) is 0.742. The Labute approximate surface area is 89.1 Å². The number of amides is 1. The number of carbonyl (C=O) groups is 1. The van der Waals surface area contributed by atoms with Crippen LogP contribution in [0.4, 0.5) is 0 Å². The van der Waals surface area contributed by atoms with Crippen molar-refractivity contribution in [2.75, 3.05) is 6.54 Å². The maximum atomic E-state index is 11.8. The molecule has 0 aliphatic rings. The van der Waals surface area contributed by atoms with Gasteiger partial charge in [-0.2, -0.15) is 10.2 Å². The molecule has 3 N–H and O–H groups in total. The smallest absolute Gasteiger partial charge is 0.253 e. The van der Waals surface area contributed by atoms with Crippen LogP contribution in [0, 0.1) is 13.8 Å². The molecule has 1 aromatic heterocycles. The lowest BCUT2D eigenvalue weighted by molar-refractivity contribution is 0.0940. The molecule has 82 valence electrons. The molecule has 0 spiro atoms. The van der Waals surface area contributed by atoms with Crippen LogP contribution in [0.2, 0.25) is 0 Å². The molecular formula is C10H16N4O. The van der Waals surface area contributed by atoms with Gasteiger partial charge in [0.05, 0.1) is 17.0 Å². The number of hydrogen-bond donors (Lipinski definition) is 2. The highest BCUT2D eigenvalue weighted by Gasteiger charge is 2.12. The summed E-state index contributed by atoms with van der Waals surface area (Å²) < 4.78 is 0. The van der Waals surface area contributed by atoms with E-state index in [1.807, 2.05) is 6.92 Å². The van der Waals surface area contributed by atoms with Crippen LogP contribution < -0.4 is 11.1 Å². The van der Waals surface area contributed by atoms with Gasteiger partial charge in [0.25, 0.3) is 5.91 Å². The summed E-state index contributed by atoms with van der Waals surface area (Å²) in [5.41, 5.74) is 7.34. The first-order valence-corrected chi connectivity index (χ1v) is 4.86. The van der Waals surface area contributed by atoms with Gasteiger partial charge < -0.3 is 11.1 Å². The second kappa shape index (κ2) is 4.84. The van der Waals surface area contributed by atoms with Crippen molar-refractivity contribution in [1.82, 2.24) is 15.5 Å². The van der Waals surface area contributed by atoms with Gasteiger partial charge in [0.15, 0.2) is 0 Å². The van der Waals surface area contributed by atoms with E-state index in [9.17, 15) is 4.79 Å². The maximum Gasteiger partial charge on any atom is 0.253 e. The highest BCUT2D eigenvalue weighted by atomic mass is 16.1. The van der Waals surface area contributed by atoms with Gasteiger partial charge in [-0.05, 0) is 26.8 Å². The second-order valence-electron chi connectivity index (χ2n) is 3.60. The van der Waals surface area contributed by atoms with E-state index in [1.54, 1.807) is 19.9 Å². The standard InChI is InChI=1S/C10H16N4O/c1-6-4-9(8(3)14-13-6)10(15)12-7(2)5-11/h4,7H,5,11H2,1-3H3,(H,12,15)/t7-/m1/s1. The highest BCUT2D eigenvalue weighted by Crippen LogP contribution is 2.05. The summed E-state index contributed by atoms with van der Waals surface area (Å²) in [6.07, 6.45) is 0. The van der Waals surface area contributed by atoms with Gasteiger partial charge in [0.2, 0.25) is 0 Å². The Balaban J connectivity index is 2.86. The van der Waals surface area contributed by atoms with E-state index < -0.39 is 0 Å². The number of nitrogens with two attached hydrogens (primary N) is 1. The zero-order chi connectivity index (χ0) is 11.4. The number of aryl methyl sites for hydroxylation is 2. The number of hydrogen-bond acceptors (Lipinski definition) is 4. The Hall–Kier alpha value is -1.49. The lowest BCUT2D eigenvalue weighted by atomic mass is 10.2. The van der Waals surface area contributed by atoms with Crippen LogP contribution in [0.1, 0.15) is 28.7 Å². The van der Waals surface area contributed by atoms with E-state index in [0.717, 1.165) is 5.69 Å². The van der Waals surface area contributed by atoms with Gasteiger partial charge >= 0.3 is 0 Å². The van der Waals surface area contributed by atoms with E-state index in [2.05, 4.69) is 15.5 Å². The van der Waals surface area contributed by atoms with Gasteiger partial charge in [-0.1, -0.05) is 0 Å². The minimum Gasteiger partial charge on any atom is -0.348 e. The molecule has 0 radical (unpaired) electrons. The number of carbonyl (C=O) groups excluding carboxylic acids is 1. The molecule has 0 bridgehead atoms. The van der Waals surface area contributed by atoms with Crippen LogP contribution in [-0.4, -0.2) is 28.7 Å². The summed E-state index contributed by atoms with van der Waals surface area (Å²) in [4.78, 5) is 11.8. The third-order valence-corrected chi connectivity index (χ3v) is 2.08. The zero-order valence-electron chi connectivity index (χ0n) is 9.24. The summed E-state index contributed by atoms with van der Waals surface area (Å²) in [6.45, 7) is 5.83. The minimum atomic E-state index is -0.150. The van der Waals surface area contributed by atoms with E-state index in [-0.39, 0.29) is 11.9 Å². The van der Waals surface area contributed by atoms with Crippen LogP contribution in [-0.2, 0) is 0 Å². The molecule has 1 atom stereocenters. The molecule has 1 amide bonds. The van der Waals surface area contributed by atoms with E-state index >= 15 is 0 Å². The molecule has 5 heteroatoms. The first-order chi connectivity index (χ1) is 7.04. The fraction of sp³-hybridized carbons (Fsp3) is 0.500. The van der Waals surface area contributed by atoms with Crippen LogP contribution in [0.5, 0.6) is 0 Å². The lowest BCUT2D eigenvalue weighted by Crippen LogP contribution is -2.38. The van der Waals surface area contributed by atoms with Gasteiger partial charge in [-0.3, -0.25) is 4.79 Å². The lowest BCUT2D eigenvalue weighted by Gasteiger charge is -2.12. The zero-order valence-corrected chi connectivity index (χ0v) is 9.24. The summed E-state index contributed by atoms with van der Waals surface area (Å²) in [7, 11) is 0. The Morgan fingerprint density at radius 1 is 1.53 bits per heavy atom. The molecule has 0 saturated heterocycles. The first kappa shape index (κ1) is 11.6. The molecule has 0 fully saturated rings. The van der Waals surface area contributed by atoms with Gasteiger partial charge in [0, 0.05) is 12.6 Å². The fourth-order valence-corrected chi connectivity index (χ4v) is 1.14. The molecule has 1 rings (SSSR count). The Morgan fingerprint density at radius 2 is 2.20 bits per heavy atom. The average molecular weight is 208 g/mol.